The predicted octanol–water partition coefficient (Wildman–Crippen LogP) is 0.118. The summed E-state index contributed by atoms with van der Waals surface area (Å²) >= 11 is 0. The molecule has 142 valence electrons. The van der Waals surface area contributed by atoms with Crippen LogP contribution in [0.5, 0.6) is 0 Å². The van der Waals surface area contributed by atoms with E-state index in [0.29, 0.717) is 24.3 Å². The van der Waals surface area contributed by atoms with Crippen LogP contribution in [-0.4, -0.2) is 50.4 Å². The standard InChI is InChI=1S/C18H27N5O3/c1-5-13-14(6-2)23(10-8-7-9-11-24)18(25)16(19-13)17-20-15(21-26-17)12-22(3)4/h5-6,24H,7-12H2,1-4H3/b13-5+,14-6+. The maximum Gasteiger partial charge on any atom is 0.282 e. The predicted molar refractivity (Wildman–Crippen MR) is 99.6 cm³/mol. The molecule has 0 aliphatic carbocycles. The zero-order valence-corrected chi connectivity index (χ0v) is 15.9. The van der Waals surface area contributed by atoms with Crippen molar-refractivity contribution in [3.05, 3.63) is 26.9 Å². The van der Waals surface area contributed by atoms with Crippen molar-refractivity contribution in [2.45, 2.75) is 46.2 Å². The Morgan fingerprint density at radius 2 is 1.92 bits per heavy atom. The maximum atomic E-state index is 13.0. The molecule has 0 saturated heterocycles. The lowest BCUT2D eigenvalue weighted by molar-refractivity contribution is 0.281. The van der Waals surface area contributed by atoms with Crippen molar-refractivity contribution in [2.24, 2.45) is 0 Å². The summed E-state index contributed by atoms with van der Waals surface area (Å²) in [6, 6.07) is 0. The van der Waals surface area contributed by atoms with E-state index >= 15 is 0 Å². The molecule has 8 nitrogen and oxygen atoms in total. The Kier molecular flexibility index (Phi) is 7.23. The van der Waals surface area contributed by atoms with Gasteiger partial charge in [0.05, 0.1) is 17.2 Å². The third kappa shape index (κ3) is 4.64. The molecule has 2 heterocycles. The summed E-state index contributed by atoms with van der Waals surface area (Å²) in [7, 11) is 3.81. The molecule has 8 heteroatoms. The minimum atomic E-state index is -0.243. The lowest BCUT2D eigenvalue weighted by Crippen LogP contribution is -2.46. The molecule has 0 unspecified atom stereocenters. The zero-order chi connectivity index (χ0) is 19.1. The maximum absolute atomic E-state index is 13.0. The highest BCUT2D eigenvalue weighted by Gasteiger charge is 2.17. The van der Waals surface area contributed by atoms with Crippen LogP contribution in [-0.2, 0) is 13.1 Å². The lowest BCUT2D eigenvalue weighted by atomic mass is 10.2. The number of aliphatic hydroxyl groups is 1. The number of aliphatic hydroxyl groups excluding tert-OH is 1. The summed E-state index contributed by atoms with van der Waals surface area (Å²) in [6.45, 7) is 4.99. The molecule has 2 aromatic heterocycles. The van der Waals surface area contributed by atoms with E-state index in [1.54, 1.807) is 4.57 Å². The lowest BCUT2D eigenvalue weighted by Gasteiger charge is -2.09. The zero-order valence-electron chi connectivity index (χ0n) is 15.9. The molecule has 26 heavy (non-hydrogen) atoms. The highest BCUT2D eigenvalue weighted by atomic mass is 16.5. The number of hydrogen-bond acceptors (Lipinski definition) is 7. The molecular weight excluding hydrogens is 334 g/mol. The fraction of sp³-hybridized carbons (Fsp3) is 0.556. The Balaban J connectivity index is 2.50. The van der Waals surface area contributed by atoms with Gasteiger partial charge < -0.3 is 19.1 Å². The number of unbranched alkanes of at least 4 members (excludes halogenated alkanes) is 2. The van der Waals surface area contributed by atoms with Crippen LogP contribution >= 0.6 is 0 Å². The average molecular weight is 361 g/mol. The van der Waals surface area contributed by atoms with Crippen LogP contribution in [0, 0.1) is 0 Å². The van der Waals surface area contributed by atoms with Crippen LogP contribution in [0.15, 0.2) is 9.32 Å². The molecule has 0 saturated carbocycles. The van der Waals surface area contributed by atoms with Gasteiger partial charge in [0.2, 0.25) is 0 Å². The normalized spacial score (nSPS) is 13.2. The van der Waals surface area contributed by atoms with Crippen LogP contribution < -0.4 is 16.3 Å². The minimum absolute atomic E-state index is 0.140. The highest BCUT2D eigenvalue weighted by molar-refractivity contribution is 5.45. The van der Waals surface area contributed by atoms with E-state index in [1.165, 1.54) is 0 Å². The van der Waals surface area contributed by atoms with Gasteiger partial charge in [-0.05, 0) is 47.2 Å². The third-order valence-electron chi connectivity index (χ3n) is 3.95. The van der Waals surface area contributed by atoms with Crippen molar-refractivity contribution in [1.82, 2.24) is 24.6 Å². The van der Waals surface area contributed by atoms with Gasteiger partial charge in [-0.1, -0.05) is 17.3 Å². The van der Waals surface area contributed by atoms with Crippen molar-refractivity contribution in [3.63, 3.8) is 0 Å². The van der Waals surface area contributed by atoms with E-state index < -0.39 is 0 Å². The first kappa shape index (κ1) is 20.0. The summed E-state index contributed by atoms with van der Waals surface area (Å²) in [4.78, 5) is 23.7. The van der Waals surface area contributed by atoms with Crippen molar-refractivity contribution < 1.29 is 9.63 Å². The molecule has 0 spiro atoms. The summed E-state index contributed by atoms with van der Waals surface area (Å²) < 4.78 is 6.98. The summed E-state index contributed by atoms with van der Waals surface area (Å²) in [5, 5.41) is 14.3. The van der Waals surface area contributed by atoms with Crippen molar-refractivity contribution >= 4 is 12.2 Å². The SMILES string of the molecule is C/C=c1/nc(-c2nc(CN(C)C)no2)c(=O)n(CCCCCO)/c1=C/C. The summed E-state index contributed by atoms with van der Waals surface area (Å²) in [5.41, 5.74) is -0.0730. The molecule has 0 amide bonds. The minimum Gasteiger partial charge on any atom is -0.396 e. The molecule has 0 aliphatic rings. The van der Waals surface area contributed by atoms with Crippen molar-refractivity contribution in [3.8, 4) is 11.6 Å². The third-order valence-corrected chi connectivity index (χ3v) is 3.95. The van der Waals surface area contributed by atoms with Gasteiger partial charge in [0.25, 0.3) is 11.4 Å². The second kappa shape index (κ2) is 9.40. The number of nitrogens with zero attached hydrogens (tertiary/aromatic N) is 5. The molecule has 2 rings (SSSR count). The van der Waals surface area contributed by atoms with E-state index in [2.05, 4.69) is 15.1 Å². The first-order valence-corrected chi connectivity index (χ1v) is 8.83. The van der Waals surface area contributed by atoms with Gasteiger partial charge in [-0.2, -0.15) is 4.98 Å². The fourth-order valence-electron chi connectivity index (χ4n) is 2.73. The second-order valence-corrected chi connectivity index (χ2v) is 6.30. The molecule has 0 radical (unpaired) electrons. The smallest absolute Gasteiger partial charge is 0.282 e. The Hall–Kier alpha value is -2.32. The largest absolute Gasteiger partial charge is 0.396 e. The monoisotopic (exact) mass is 361 g/mol. The van der Waals surface area contributed by atoms with Gasteiger partial charge in [-0.3, -0.25) is 4.79 Å². The molecule has 0 fully saturated rings. The van der Waals surface area contributed by atoms with E-state index in [4.69, 9.17) is 9.63 Å². The first-order valence-electron chi connectivity index (χ1n) is 8.83. The Bertz CT molecular complexity index is 899. The molecule has 1 N–H and O–H groups in total. The van der Waals surface area contributed by atoms with Gasteiger partial charge in [0, 0.05) is 13.2 Å². The second-order valence-electron chi connectivity index (χ2n) is 6.30. The fourth-order valence-corrected chi connectivity index (χ4v) is 2.73. The van der Waals surface area contributed by atoms with Gasteiger partial charge in [-0.25, -0.2) is 4.98 Å². The Morgan fingerprint density at radius 1 is 1.15 bits per heavy atom. The quantitative estimate of drug-likeness (QED) is 0.667. The van der Waals surface area contributed by atoms with Crippen molar-refractivity contribution in [2.75, 3.05) is 20.7 Å². The average Bonchev–Trinajstić information content (AvgIpc) is 3.06. The summed E-state index contributed by atoms with van der Waals surface area (Å²) in [6.07, 6.45) is 6.11. The van der Waals surface area contributed by atoms with Crippen LogP contribution in [0.1, 0.15) is 38.9 Å². The van der Waals surface area contributed by atoms with Crippen LogP contribution in [0.3, 0.4) is 0 Å². The van der Waals surface area contributed by atoms with E-state index in [-0.39, 0.29) is 23.8 Å². The number of aromatic nitrogens is 4. The van der Waals surface area contributed by atoms with E-state index in [9.17, 15) is 4.79 Å². The van der Waals surface area contributed by atoms with Gasteiger partial charge in [0.1, 0.15) is 0 Å². The molecule has 0 aliphatic heterocycles. The first-order chi connectivity index (χ1) is 12.5. The number of hydrogen-bond donors (Lipinski definition) is 1. The molecule has 0 atom stereocenters. The Morgan fingerprint density at radius 3 is 2.54 bits per heavy atom. The van der Waals surface area contributed by atoms with Crippen molar-refractivity contribution in [1.29, 1.82) is 0 Å². The molecular formula is C18H27N5O3. The van der Waals surface area contributed by atoms with Gasteiger partial charge >= 0.3 is 0 Å². The van der Waals surface area contributed by atoms with Crippen LogP contribution in [0.4, 0.5) is 0 Å². The van der Waals surface area contributed by atoms with Crippen LogP contribution in [0.2, 0.25) is 0 Å². The van der Waals surface area contributed by atoms with E-state index in [0.717, 1.165) is 24.6 Å². The topological polar surface area (TPSA) is 97.3 Å². The Labute approximate surface area is 152 Å². The summed E-state index contributed by atoms with van der Waals surface area (Å²) in [5.74, 6) is 0.649. The van der Waals surface area contributed by atoms with Crippen LogP contribution in [0.25, 0.3) is 23.7 Å². The molecule has 2 aromatic rings. The highest BCUT2D eigenvalue weighted by Crippen LogP contribution is 2.09. The molecule has 0 aromatic carbocycles. The molecule has 0 bridgehead atoms. The van der Waals surface area contributed by atoms with Gasteiger partial charge in [-0.15, -0.1) is 0 Å². The van der Waals surface area contributed by atoms with Gasteiger partial charge in [0.15, 0.2) is 11.5 Å². The number of rotatable bonds is 8. The van der Waals surface area contributed by atoms with E-state index in [1.807, 2.05) is 45.0 Å².